The molecule has 1 amide bonds. The quantitative estimate of drug-likeness (QED) is 0.552. The lowest BCUT2D eigenvalue weighted by Crippen LogP contribution is -2.49. The Morgan fingerprint density at radius 1 is 0.972 bits per heavy atom. The summed E-state index contributed by atoms with van der Waals surface area (Å²) in [5, 5.41) is 0. The molecule has 5 rings (SSSR count). The number of para-hydroxylation sites is 1. The first-order valence-electron chi connectivity index (χ1n) is 13.2. The molecule has 1 fully saturated rings. The van der Waals surface area contributed by atoms with Crippen molar-refractivity contribution in [2.45, 2.75) is 51.6 Å². The van der Waals surface area contributed by atoms with E-state index in [-0.39, 0.29) is 11.3 Å². The number of benzene rings is 1. The number of piperidine rings is 1. The van der Waals surface area contributed by atoms with Crippen LogP contribution in [0.15, 0.2) is 67.5 Å². The summed E-state index contributed by atoms with van der Waals surface area (Å²) in [6.07, 6.45) is 15.8. The van der Waals surface area contributed by atoms with Gasteiger partial charge in [-0.3, -0.25) is 14.7 Å². The van der Waals surface area contributed by atoms with Crippen LogP contribution < -0.4 is 4.74 Å². The van der Waals surface area contributed by atoms with E-state index < -0.39 is 0 Å². The first kappa shape index (κ1) is 24.5. The maximum Gasteiger partial charge on any atom is 0.242 e. The number of pyridine rings is 1. The van der Waals surface area contributed by atoms with Crippen LogP contribution in [0.1, 0.15) is 43.2 Å². The van der Waals surface area contributed by atoms with Crippen molar-refractivity contribution in [1.82, 2.24) is 24.3 Å². The molecule has 0 unspecified atom stereocenters. The third-order valence-electron chi connectivity index (χ3n) is 7.78. The molecule has 0 N–H and O–H groups in total. The number of aryl methyl sites for hydroxylation is 1. The normalized spacial score (nSPS) is 19.1. The molecule has 190 valence electrons. The molecule has 7 heteroatoms. The molecular weight excluding hydrogens is 450 g/mol. The third-order valence-corrected chi connectivity index (χ3v) is 7.78. The predicted molar refractivity (Wildman–Crippen MR) is 139 cm³/mol. The average molecular weight is 488 g/mol. The topological polar surface area (TPSA) is 63.5 Å². The first-order valence-corrected chi connectivity index (χ1v) is 13.2. The molecule has 0 atom stereocenters. The van der Waals surface area contributed by atoms with Crippen LogP contribution in [0, 0.1) is 5.41 Å². The molecule has 0 aliphatic carbocycles. The summed E-state index contributed by atoms with van der Waals surface area (Å²) >= 11 is 0. The van der Waals surface area contributed by atoms with Crippen molar-refractivity contribution < 1.29 is 9.53 Å². The van der Waals surface area contributed by atoms with E-state index >= 15 is 0 Å². The van der Waals surface area contributed by atoms with Gasteiger partial charge in [-0.1, -0.05) is 30.7 Å². The van der Waals surface area contributed by atoms with Gasteiger partial charge in [0.2, 0.25) is 5.91 Å². The van der Waals surface area contributed by atoms with Crippen LogP contribution >= 0.6 is 0 Å². The van der Waals surface area contributed by atoms with Crippen LogP contribution in [0.2, 0.25) is 0 Å². The standard InChI is InChI=1S/C29H37N5O2/c35-28(22-33-17-14-31-24-33)34-15-11-29(12-16-34)10-4-3-8-26-7-1-2-9-27(26)36-19-18-32(23-29)21-25-6-5-13-30-20-25/h1-2,5-7,9,13-14,17,20,24H,3-4,8,10-12,15-16,18-19,21-23H2. The number of hydrogen-bond donors (Lipinski definition) is 0. The van der Waals surface area contributed by atoms with Gasteiger partial charge in [-0.15, -0.1) is 0 Å². The number of hydrogen-bond acceptors (Lipinski definition) is 5. The van der Waals surface area contributed by atoms with E-state index in [1.54, 1.807) is 12.5 Å². The maximum absolute atomic E-state index is 12.9. The molecule has 2 aliphatic heterocycles. The van der Waals surface area contributed by atoms with Crippen molar-refractivity contribution >= 4 is 5.91 Å². The molecule has 3 aromatic rings. The molecule has 0 radical (unpaired) electrons. The number of aromatic nitrogens is 3. The SMILES string of the molecule is O=C(Cn1ccnc1)N1CCC2(CCCCc3ccccc3OCCN(Cc3cccnc3)C2)CC1. The maximum atomic E-state index is 12.9. The van der Waals surface area contributed by atoms with Crippen molar-refractivity contribution in [3.05, 3.63) is 78.6 Å². The molecule has 0 saturated carbocycles. The van der Waals surface area contributed by atoms with Gasteiger partial charge in [0.15, 0.2) is 0 Å². The Morgan fingerprint density at radius 3 is 2.67 bits per heavy atom. The Balaban J connectivity index is 1.30. The Hall–Kier alpha value is -3.19. The zero-order valence-electron chi connectivity index (χ0n) is 21.1. The molecule has 36 heavy (non-hydrogen) atoms. The van der Waals surface area contributed by atoms with Crippen LogP contribution in [-0.2, 0) is 24.3 Å². The lowest BCUT2D eigenvalue weighted by atomic mass is 9.73. The number of ether oxygens (including phenoxy) is 1. The summed E-state index contributed by atoms with van der Waals surface area (Å²) in [4.78, 5) is 25.9. The number of carbonyl (C=O) groups excluding carboxylic acids is 1. The monoisotopic (exact) mass is 487 g/mol. The second-order valence-corrected chi connectivity index (χ2v) is 10.4. The minimum atomic E-state index is 0.188. The number of rotatable bonds is 4. The molecular formula is C29H37N5O2. The zero-order valence-corrected chi connectivity index (χ0v) is 21.1. The van der Waals surface area contributed by atoms with Gasteiger partial charge in [-0.05, 0) is 60.8 Å². The fourth-order valence-corrected chi connectivity index (χ4v) is 5.74. The average Bonchev–Trinajstić information content (AvgIpc) is 3.41. The molecule has 1 saturated heterocycles. The summed E-state index contributed by atoms with van der Waals surface area (Å²) in [5.41, 5.74) is 2.76. The summed E-state index contributed by atoms with van der Waals surface area (Å²) in [7, 11) is 0. The van der Waals surface area contributed by atoms with E-state index in [0.717, 1.165) is 64.2 Å². The number of likely N-dealkylation sites (tertiary alicyclic amines) is 1. The van der Waals surface area contributed by atoms with E-state index in [2.05, 4.69) is 45.2 Å². The minimum Gasteiger partial charge on any atom is -0.492 e. The Labute approximate surface area is 214 Å². The van der Waals surface area contributed by atoms with E-state index in [9.17, 15) is 4.79 Å². The van der Waals surface area contributed by atoms with Crippen molar-refractivity contribution in [2.24, 2.45) is 5.41 Å². The largest absolute Gasteiger partial charge is 0.492 e. The molecule has 4 heterocycles. The number of amides is 1. The zero-order chi connectivity index (χ0) is 24.6. The number of fused-ring (bicyclic) bond motifs is 1. The second-order valence-electron chi connectivity index (χ2n) is 10.4. The molecule has 7 nitrogen and oxygen atoms in total. The fraction of sp³-hybridized carbons (Fsp3) is 0.483. The first-order chi connectivity index (χ1) is 17.7. The van der Waals surface area contributed by atoms with Gasteiger partial charge in [0.05, 0.1) is 6.33 Å². The van der Waals surface area contributed by atoms with Gasteiger partial charge >= 0.3 is 0 Å². The van der Waals surface area contributed by atoms with Gasteiger partial charge in [-0.2, -0.15) is 0 Å². The van der Waals surface area contributed by atoms with Crippen molar-refractivity contribution in [1.29, 1.82) is 0 Å². The highest BCUT2D eigenvalue weighted by Crippen LogP contribution is 2.38. The van der Waals surface area contributed by atoms with Gasteiger partial charge in [0.25, 0.3) is 0 Å². The van der Waals surface area contributed by atoms with Crippen molar-refractivity contribution in [2.75, 3.05) is 32.8 Å². The van der Waals surface area contributed by atoms with Crippen molar-refractivity contribution in [3.63, 3.8) is 0 Å². The van der Waals surface area contributed by atoms with E-state index in [1.807, 2.05) is 34.1 Å². The van der Waals surface area contributed by atoms with E-state index in [4.69, 9.17) is 4.74 Å². The second kappa shape index (κ2) is 11.7. The molecule has 1 aromatic carbocycles. The van der Waals surface area contributed by atoms with E-state index in [0.29, 0.717) is 13.2 Å². The molecule has 1 spiro atoms. The van der Waals surface area contributed by atoms with Crippen LogP contribution in [0.5, 0.6) is 5.75 Å². The Kier molecular flexibility index (Phi) is 7.96. The van der Waals surface area contributed by atoms with E-state index in [1.165, 1.54) is 24.0 Å². The van der Waals surface area contributed by atoms with Crippen molar-refractivity contribution in [3.8, 4) is 5.75 Å². The summed E-state index contributed by atoms with van der Waals surface area (Å²) in [5.74, 6) is 1.21. The molecule has 2 aliphatic rings. The van der Waals surface area contributed by atoms with Gasteiger partial charge in [0, 0.05) is 57.5 Å². The molecule has 0 bridgehead atoms. The number of nitrogens with zero attached hydrogens (tertiary/aromatic N) is 5. The fourth-order valence-electron chi connectivity index (χ4n) is 5.74. The minimum absolute atomic E-state index is 0.188. The van der Waals surface area contributed by atoms with Crippen LogP contribution in [0.3, 0.4) is 0 Å². The van der Waals surface area contributed by atoms with Gasteiger partial charge < -0.3 is 14.2 Å². The van der Waals surface area contributed by atoms with Gasteiger partial charge in [0.1, 0.15) is 18.9 Å². The lowest BCUT2D eigenvalue weighted by Gasteiger charge is -2.45. The highest BCUT2D eigenvalue weighted by Gasteiger charge is 2.37. The number of carbonyl (C=O) groups is 1. The third kappa shape index (κ3) is 6.32. The summed E-state index contributed by atoms with van der Waals surface area (Å²) in [6.45, 7) is 5.45. The van der Waals surface area contributed by atoms with Crippen LogP contribution in [0.4, 0.5) is 0 Å². The summed E-state index contributed by atoms with van der Waals surface area (Å²) in [6, 6.07) is 12.6. The molecule has 2 aromatic heterocycles. The Morgan fingerprint density at radius 2 is 1.86 bits per heavy atom. The highest BCUT2D eigenvalue weighted by molar-refractivity contribution is 5.76. The predicted octanol–water partition coefficient (Wildman–Crippen LogP) is 4.19. The lowest BCUT2D eigenvalue weighted by molar-refractivity contribution is -0.134. The number of imidazole rings is 1. The van der Waals surface area contributed by atoms with Crippen LogP contribution in [-0.4, -0.2) is 63.0 Å². The summed E-state index contributed by atoms with van der Waals surface area (Å²) < 4.78 is 8.14. The highest BCUT2D eigenvalue weighted by atomic mass is 16.5. The smallest absolute Gasteiger partial charge is 0.242 e. The Bertz CT molecular complexity index is 1090. The van der Waals surface area contributed by atoms with Gasteiger partial charge in [-0.25, -0.2) is 4.98 Å². The van der Waals surface area contributed by atoms with Crippen LogP contribution in [0.25, 0.3) is 0 Å².